The fourth-order valence-corrected chi connectivity index (χ4v) is 4.14. The van der Waals surface area contributed by atoms with Gasteiger partial charge in [0.2, 0.25) is 0 Å². The first-order valence-electron chi connectivity index (χ1n) is 11.0. The maximum absolute atomic E-state index is 12.7. The summed E-state index contributed by atoms with van der Waals surface area (Å²) in [5.74, 6) is -0.372. The molecule has 1 aliphatic heterocycles. The molecule has 2 amide bonds. The van der Waals surface area contributed by atoms with E-state index < -0.39 is 6.04 Å². The fourth-order valence-electron chi connectivity index (χ4n) is 3.76. The zero-order chi connectivity index (χ0) is 24.1. The number of carbonyl (C=O) groups is 2. The number of urea groups is 1. The van der Waals surface area contributed by atoms with Crippen LogP contribution >= 0.6 is 12.2 Å². The molecule has 0 bridgehead atoms. The van der Waals surface area contributed by atoms with Gasteiger partial charge in [-0.25, -0.2) is 9.59 Å². The van der Waals surface area contributed by atoms with Crippen molar-refractivity contribution in [3.05, 3.63) is 70.4 Å². The van der Waals surface area contributed by atoms with Crippen molar-refractivity contribution in [3.63, 3.8) is 0 Å². The molecular weight excluding hydrogens is 436 g/mol. The molecule has 174 valence electrons. The van der Waals surface area contributed by atoms with Crippen LogP contribution in [0.4, 0.5) is 16.2 Å². The van der Waals surface area contributed by atoms with Crippen LogP contribution in [-0.2, 0) is 9.53 Å². The van der Waals surface area contributed by atoms with Gasteiger partial charge < -0.3 is 25.6 Å². The van der Waals surface area contributed by atoms with Crippen LogP contribution < -0.4 is 16.0 Å². The number of hydrogen-bond donors (Lipinski definition) is 3. The first-order chi connectivity index (χ1) is 15.7. The average Bonchev–Trinajstić information content (AvgIpc) is 2.77. The number of esters is 1. The molecule has 0 fully saturated rings. The minimum Gasteiger partial charge on any atom is -0.463 e. The lowest BCUT2D eigenvalue weighted by Crippen LogP contribution is -2.47. The lowest BCUT2D eigenvalue weighted by atomic mass is 9.95. The molecule has 3 N–H and O–H groups in total. The van der Waals surface area contributed by atoms with Gasteiger partial charge in [0.25, 0.3) is 0 Å². The number of hydrogen-bond acceptors (Lipinski definition) is 4. The van der Waals surface area contributed by atoms with E-state index in [1.54, 1.807) is 19.1 Å². The Kier molecular flexibility index (Phi) is 7.71. The molecule has 8 heteroatoms. The second-order valence-corrected chi connectivity index (χ2v) is 8.23. The number of carbonyl (C=O) groups excluding carboxylic acids is 2. The smallest absolute Gasteiger partial charge is 0.338 e. The van der Waals surface area contributed by atoms with Gasteiger partial charge in [-0.2, -0.15) is 0 Å². The number of thiocarbonyl (C=S) groups is 1. The minimum absolute atomic E-state index is 0.289. The Bertz CT molecular complexity index is 1100. The first-order valence-corrected chi connectivity index (χ1v) is 11.4. The third kappa shape index (κ3) is 5.51. The molecule has 2 aromatic carbocycles. The van der Waals surface area contributed by atoms with Crippen molar-refractivity contribution in [2.24, 2.45) is 0 Å². The summed E-state index contributed by atoms with van der Waals surface area (Å²) in [5.41, 5.74) is 5.79. The Balaban J connectivity index is 1.78. The lowest BCUT2D eigenvalue weighted by molar-refractivity contribution is -0.139. The molecule has 0 saturated heterocycles. The predicted octanol–water partition coefficient (Wildman–Crippen LogP) is 5.04. The molecule has 3 rings (SSSR count). The summed E-state index contributed by atoms with van der Waals surface area (Å²) < 4.78 is 5.31. The third-order valence-corrected chi connectivity index (χ3v) is 6.01. The first kappa shape index (κ1) is 24.3. The largest absolute Gasteiger partial charge is 0.463 e. The van der Waals surface area contributed by atoms with Crippen LogP contribution in [0.25, 0.3) is 0 Å². The SMILES string of the molecule is CCOC(=O)C1=C(C)N(CC)C(=S)NC1c1ccc(NC(=O)Nc2ccc(C)c(C)c2)cc1. The summed E-state index contributed by atoms with van der Waals surface area (Å²) in [5, 5.41) is 9.49. The molecule has 0 radical (unpaired) electrons. The molecule has 0 aliphatic carbocycles. The fraction of sp³-hybridized carbons (Fsp3) is 0.320. The van der Waals surface area contributed by atoms with E-state index in [9.17, 15) is 9.59 Å². The molecule has 33 heavy (non-hydrogen) atoms. The van der Waals surface area contributed by atoms with Gasteiger partial charge in [-0.3, -0.25) is 0 Å². The van der Waals surface area contributed by atoms with E-state index in [4.69, 9.17) is 17.0 Å². The van der Waals surface area contributed by atoms with E-state index in [1.807, 2.05) is 62.9 Å². The molecule has 0 spiro atoms. The van der Waals surface area contributed by atoms with Crippen molar-refractivity contribution in [1.29, 1.82) is 0 Å². The van der Waals surface area contributed by atoms with Crippen molar-refractivity contribution in [3.8, 4) is 0 Å². The van der Waals surface area contributed by atoms with Crippen LogP contribution in [0.2, 0.25) is 0 Å². The Hall–Kier alpha value is -3.39. The number of benzene rings is 2. The normalized spacial score (nSPS) is 15.7. The summed E-state index contributed by atoms with van der Waals surface area (Å²) in [6.07, 6.45) is 0. The van der Waals surface area contributed by atoms with Gasteiger partial charge in [-0.1, -0.05) is 18.2 Å². The summed E-state index contributed by atoms with van der Waals surface area (Å²) in [6.45, 7) is 10.6. The van der Waals surface area contributed by atoms with Crippen LogP contribution in [0.5, 0.6) is 0 Å². The predicted molar refractivity (Wildman–Crippen MR) is 135 cm³/mol. The van der Waals surface area contributed by atoms with Crippen molar-refractivity contribution < 1.29 is 14.3 Å². The lowest BCUT2D eigenvalue weighted by Gasteiger charge is -2.37. The zero-order valence-electron chi connectivity index (χ0n) is 19.6. The van der Waals surface area contributed by atoms with Crippen LogP contribution in [0.1, 0.15) is 43.5 Å². The Morgan fingerprint density at radius 3 is 2.24 bits per heavy atom. The Morgan fingerprint density at radius 2 is 1.64 bits per heavy atom. The molecule has 1 aliphatic rings. The summed E-state index contributed by atoms with van der Waals surface area (Å²) in [6, 6.07) is 12.3. The molecular formula is C25H30N4O3S. The number of ether oxygens (including phenoxy) is 1. The monoisotopic (exact) mass is 466 g/mol. The van der Waals surface area contributed by atoms with Gasteiger partial charge in [0.05, 0.1) is 18.2 Å². The quantitative estimate of drug-likeness (QED) is 0.409. The van der Waals surface area contributed by atoms with Gasteiger partial charge in [0.15, 0.2) is 5.11 Å². The molecule has 1 heterocycles. The van der Waals surface area contributed by atoms with E-state index in [0.717, 1.165) is 22.5 Å². The Labute approximate surface area is 200 Å². The maximum atomic E-state index is 12.7. The Morgan fingerprint density at radius 1 is 1.00 bits per heavy atom. The molecule has 0 aromatic heterocycles. The van der Waals surface area contributed by atoms with E-state index in [2.05, 4.69) is 16.0 Å². The number of anilines is 2. The van der Waals surface area contributed by atoms with Gasteiger partial charge >= 0.3 is 12.0 Å². The maximum Gasteiger partial charge on any atom is 0.338 e. The van der Waals surface area contributed by atoms with E-state index >= 15 is 0 Å². The highest BCUT2D eigenvalue weighted by atomic mass is 32.1. The second kappa shape index (κ2) is 10.5. The van der Waals surface area contributed by atoms with Crippen LogP contribution in [0.3, 0.4) is 0 Å². The highest BCUT2D eigenvalue weighted by molar-refractivity contribution is 7.80. The number of allylic oxidation sites excluding steroid dienone is 1. The number of nitrogens with one attached hydrogen (secondary N) is 3. The van der Waals surface area contributed by atoms with E-state index in [1.165, 1.54) is 5.56 Å². The minimum atomic E-state index is -0.433. The molecule has 0 saturated carbocycles. The van der Waals surface area contributed by atoms with Crippen molar-refractivity contribution in [2.75, 3.05) is 23.8 Å². The summed E-state index contributed by atoms with van der Waals surface area (Å²) in [4.78, 5) is 27.0. The topological polar surface area (TPSA) is 82.7 Å². The van der Waals surface area contributed by atoms with Crippen molar-refractivity contribution in [1.82, 2.24) is 10.2 Å². The van der Waals surface area contributed by atoms with Gasteiger partial charge in [0.1, 0.15) is 0 Å². The highest BCUT2D eigenvalue weighted by Crippen LogP contribution is 2.32. The van der Waals surface area contributed by atoms with Crippen molar-refractivity contribution in [2.45, 2.75) is 40.7 Å². The van der Waals surface area contributed by atoms with E-state index in [-0.39, 0.29) is 18.6 Å². The molecule has 2 aromatic rings. The van der Waals surface area contributed by atoms with Gasteiger partial charge in [-0.05, 0) is 87.8 Å². The van der Waals surface area contributed by atoms with Crippen LogP contribution in [0.15, 0.2) is 53.7 Å². The van der Waals surface area contributed by atoms with Gasteiger partial charge in [0, 0.05) is 23.6 Å². The van der Waals surface area contributed by atoms with Gasteiger partial charge in [-0.15, -0.1) is 0 Å². The summed E-state index contributed by atoms with van der Waals surface area (Å²) >= 11 is 5.51. The van der Waals surface area contributed by atoms with E-state index in [0.29, 0.717) is 22.9 Å². The number of amides is 2. The third-order valence-electron chi connectivity index (χ3n) is 5.67. The summed E-state index contributed by atoms with van der Waals surface area (Å²) in [7, 11) is 0. The zero-order valence-corrected chi connectivity index (χ0v) is 20.4. The van der Waals surface area contributed by atoms with Crippen LogP contribution in [0, 0.1) is 13.8 Å². The number of aryl methyl sites for hydroxylation is 2. The molecule has 7 nitrogen and oxygen atoms in total. The number of nitrogens with zero attached hydrogens (tertiary/aromatic N) is 1. The van der Waals surface area contributed by atoms with Crippen molar-refractivity contribution >= 4 is 40.7 Å². The van der Waals surface area contributed by atoms with Crippen LogP contribution in [-0.4, -0.2) is 35.2 Å². The molecule has 1 atom stereocenters. The standard InChI is InChI=1S/C25H30N4O3S/c1-6-29-17(5)21(23(30)32-7-2)22(28-25(29)33)18-9-12-19(13-10-18)26-24(31)27-20-11-8-15(3)16(4)14-20/h8-14,22H,6-7H2,1-5H3,(H,28,33)(H2,26,27,31). The number of rotatable bonds is 6. The molecule has 1 unspecified atom stereocenters. The second-order valence-electron chi connectivity index (χ2n) is 7.85. The highest BCUT2D eigenvalue weighted by Gasteiger charge is 2.34. The average molecular weight is 467 g/mol.